The number of para-hydroxylation sites is 1. The van der Waals surface area contributed by atoms with Gasteiger partial charge in [-0.3, -0.25) is 9.97 Å². The number of rotatable bonds is 3. The number of aromatic nitrogens is 3. The Hall–Kier alpha value is -5.80. The maximum atomic E-state index is 4.71. The van der Waals surface area contributed by atoms with E-state index in [4.69, 9.17) is 4.98 Å². The van der Waals surface area contributed by atoms with Crippen LogP contribution in [0.3, 0.4) is 0 Å². The molecule has 0 fully saturated rings. The van der Waals surface area contributed by atoms with Crippen LogP contribution in [0.25, 0.3) is 82.3 Å². The van der Waals surface area contributed by atoms with Gasteiger partial charge in [-0.05, 0) is 82.4 Å². The van der Waals surface area contributed by atoms with E-state index in [1.165, 1.54) is 66.1 Å². The molecule has 0 N–H and O–H groups in total. The minimum absolute atomic E-state index is 0.947. The molecule has 9 aromatic rings. The van der Waals surface area contributed by atoms with Crippen LogP contribution in [0.15, 0.2) is 146 Å². The molecule has 7 aromatic carbocycles. The molecule has 3 nitrogen and oxygen atoms in total. The number of fused-ring (bicyclic) bond motifs is 9. The second-order valence-corrected chi connectivity index (χ2v) is 11.6. The van der Waals surface area contributed by atoms with Gasteiger partial charge in [0.15, 0.2) is 0 Å². The van der Waals surface area contributed by atoms with Crippen molar-refractivity contribution in [2.45, 2.75) is 6.92 Å². The SMILES string of the molecule is Cc1ccc2c(c1)c1cc(-c3ccc(-c4ccc5c(c4)c4ccccc4c4nccnc54)cc3)ccc1n2-c1ccccc1. The molecule has 0 saturated heterocycles. The predicted molar refractivity (Wildman–Crippen MR) is 184 cm³/mol. The van der Waals surface area contributed by atoms with Crippen molar-refractivity contribution in [2.75, 3.05) is 0 Å². The zero-order chi connectivity index (χ0) is 29.2. The summed E-state index contributed by atoms with van der Waals surface area (Å²) >= 11 is 0. The fraction of sp³-hybridized carbons (Fsp3) is 0.0244. The Balaban J connectivity index is 1.16. The molecular formula is C41H27N3. The zero-order valence-corrected chi connectivity index (χ0v) is 24.2. The third-order valence-corrected chi connectivity index (χ3v) is 8.93. The molecule has 2 heterocycles. The van der Waals surface area contributed by atoms with E-state index in [0.717, 1.165) is 21.8 Å². The van der Waals surface area contributed by atoms with Crippen molar-refractivity contribution >= 4 is 54.4 Å². The third-order valence-electron chi connectivity index (χ3n) is 8.93. The van der Waals surface area contributed by atoms with Gasteiger partial charge in [-0.2, -0.15) is 0 Å². The van der Waals surface area contributed by atoms with Crippen molar-refractivity contribution in [1.29, 1.82) is 0 Å². The van der Waals surface area contributed by atoms with Crippen LogP contribution >= 0.6 is 0 Å². The van der Waals surface area contributed by atoms with E-state index < -0.39 is 0 Å². The largest absolute Gasteiger partial charge is 0.309 e. The molecule has 0 atom stereocenters. The number of benzene rings is 7. The minimum Gasteiger partial charge on any atom is -0.309 e. The Labute approximate surface area is 254 Å². The maximum absolute atomic E-state index is 4.71. The topological polar surface area (TPSA) is 30.7 Å². The Morgan fingerprint density at radius 2 is 0.932 bits per heavy atom. The van der Waals surface area contributed by atoms with Crippen LogP contribution in [0.4, 0.5) is 0 Å². The summed E-state index contributed by atoms with van der Waals surface area (Å²) in [4.78, 5) is 9.38. The lowest BCUT2D eigenvalue weighted by molar-refractivity contribution is 1.18. The molecule has 0 aliphatic heterocycles. The summed E-state index contributed by atoms with van der Waals surface area (Å²) in [6.45, 7) is 2.17. The molecule has 0 spiro atoms. The van der Waals surface area contributed by atoms with Crippen LogP contribution in [0.1, 0.15) is 5.56 Å². The Kier molecular flexibility index (Phi) is 5.41. The van der Waals surface area contributed by atoms with Gasteiger partial charge in [0.05, 0.1) is 22.1 Å². The number of hydrogen-bond donors (Lipinski definition) is 0. The van der Waals surface area contributed by atoms with Crippen molar-refractivity contribution in [1.82, 2.24) is 14.5 Å². The molecule has 44 heavy (non-hydrogen) atoms. The van der Waals surface area contributed by atoms with Gasteiger partial charge in [-0.15, -0.1) is 0 Å². The van der Waals surface area contributed by atoms with E-state index in [0.29, 0.717) is 0 Å². The molecule has 3 heteroatoms. The highest BCUT2D eigenvalue weighted by atomic mass is 15.0. The molecule has 0 unspecified atom stereocenters. The van der Waals surface area contributed by atoms with Crippen molar-refractivity contribution in [3.05, 3.63) is 151 Å². The maximum Gasteiger partial charge on any atom is 0.0971 e. The van der Waals surface area contributed by atoms with E-state index >= 15 is 0 Å². The smallest absolute Gasteiger partial charge is 0.0971 e. The van der Waals surface area contributed by atoms with Gasteiger partial charge in [-0.25, -0.2) is 0 Å². The average Bonchev–Trinajstić information content (AvgIpc) is 3.41. The summed E-state index contributed by atoms with van der Waals surface area (Å²) in [5.41, 5.74) is 11.6. The molecule has 0 saturated carbocycles. The lowest BCUT2D eigenvalue weighted by Gasteiger charge is -2.11. The Morgan fingerprint density at radius 1 is 0.409 bits per heavy atom. The number of aryl methyl sites for hydroxylation is 1. The van der Waals surface area contributed by atoms with Crippen molar-refractivity contribution in [2.24, 2.45) is 0 Å². The molecule has 0 aliphatic rings. The molecular weight excluding hydrogens is 534 g/mol. The van der Waals surface area contributed by atoms with Gasteiger partial charge in [0, 0.05) is 39.6 Å². The van der Waals surface area contributed by atoms with E-state index in [2.05, 4.69) is 150 Å². The first-order chi connectivity index (χ1) is 21.7. The molecule has 9 rings (SSSR count). The molecule has 0 aliphatic carbocycles. The first-order valence-corrected chi connectivity index (χ1v) is 15.0. The number of nitrogens with zero attached hydrogens (tertiary/aromatic N) is 3. The van der Waals surface area contributed by atoms with Crippen LogP contribution in [0.2, 0.25) is 0 Å². The van der Waals surface area contributed by atoms with Gasteiger partial charge in [-0.1, -0.05) is 96.6 Å². The lowest BCUT2D eigenvalue weighted by atomic mass is 9.94. The molecule has 0 bridgehead atoms. The first kappa shape index (κ1) is 24.8. The highest BCUT2D eigenvalue weighted by Crippen LogP contribution is 2.38. The standard InChI is InChI=1S/C41H27N3/c1-26-11-19-38-36(23-26)37-25-30(17-20-39(37)44(38)31-7-3-2-4-8-31)28-14-12-27(13-15-28)29-16-18-34-35(24-29)32-9-5-6-10-33(32)40-41(34)43-22-21-42-40/h2-25H,1H3. The summed E-state index contributed by atoms with van der Waals surface area (Å²) in [6.07, 6.45) is 3.55. The highest BCUT2D eigenvalue weighted by Gasteiger charge is 2.14. The monoisotopic (exact) mass is 561 g/mol. The van der Waals surface area contributed by atoms with E-state index in [9.17, 15) is 0 Å². The van der Waals surface area contributed by atoms with Gasteiger partial charge in [0.25, 0.3) is 0 Å². The van der Waals surface area contributed by atoms with Gasteiger partial charge in [0.1, 0.15) is 0 Å². The van der Waals surface area contributed by atoms with Crippen LogP contribution < -0.4 is 0 Å². The lowest BCUT2D eigenvalue weighted by Crippen LogP contribution is -1.93. The van der Waals surface area contributed by atoms with Gasteiger partial charge in [0.2, 0.25) is 0 Å². The van der Waals surface area contributed by atoms with Crippen LogP contribution in [-0.4, -0.2) is 14.5 Å². The van der Waals surface area contributed by atoms with Crippen molar-refractivity contribution in [3.8, 4) is 27.9 Å². The second-order valence-electron chi connectivity index (χ2n) is 11.6. The number of hydrogen-bond acceptors (Lipinski definition) is 2. The van der Waals surface area contributed by atoms with Crippen molar-refractivity contribution < 1.29 is 0 Å². The summed E-state index contributed by atoms with van der Waals surface area (Å²) in [6, 6.07) is 48.4. The summed E-state index contributed by atoms with van der Waals surface area (Å²) in [7, 11) is 0. The van der Waals surface area contributed by atoms with E-state index in [1.54, 1.807) is 12.4 Å². The third kappa shape index (κ3) is 3.76. The average molecular weight is 562 g/mol. The normalized spacial score (nSPS) is 11.8. The second kappa shape index (κ2) is 9.62. The van der Waals surface area contributed by atoms with Crippen LogP contribution in [-0.2, 0) is 0 Å². The van der Waals surface area contributed by atoms with Gasteiger partial charge >= 0.3 is 0 Å². The molecule has 206 valence electrons. The zero-order valence-electron chi connectivity index (χ0n) is 24.2. The fourth-order valence-corrected chi connectivity index (χ4v) is 6.84. The molecule has 0 amide bonds. The first-order valence-electron chi connectivity index (χ1n) is 15.0. The molecule has 2 aromatic heterocycles. The van der Waals surface area contributed by atoms with Crippen LogP contribution in [0.5, 0.6) is 0 Å². The summed E-state index contributed by atoms with van der Waals surface area (Å²) in [5, 5.41) is 7.21. The van der Waals surface area contributed by atoms with E-state index in [-0.39, 0.29) is 0 Å². The quantitative estimate of drug-likeness (QED) is 0.201. The summed E-state index contributed by atoms with van der Waals surface area (Å²) < 4.78 is 2.37. The Morgan fingerprint density at radius 3 is 1.64 bits per heavy atom. The van der Waals surface area contributed by atoms with Gasteiger partial charge < -0.3 is 4.57 Å². The molecule has 0 radical (unpaired) electrons. The van der Waals surface area contributed by atoms with Crippen LogP contribution in [0, 0.1) is 6.92 Å². The predicted octanol–water partition coefficient (Wildman–Crippen LogP) is 10.7. The minimum atomic E-state index is 0.947. The summed E-state index contributed by atoms with van der Waals surface area (Å²) in [5.74, 6) is 0. The fourth-order valence-electron chi connectivity index (χ4n) is 6.84. The van der Waals surface area contributed by atoms with Crippen molar-refractivity contribution in [3.63, 3.8) is 0 Å². The highest BCUT2D eigenvalue weighted by molar-refractivity contribution is 6.23. The van der Waals surface area contributed by atoms with E-state index in [1.807, 2.05) is 0 Å². The Bertz CT molecular complexity index is 2510.